The van der Waals surface area contributed by atoms with Gasteiger partial charge in [-0.15, -0.1) is 0 Å². The summed E-state index contributed by atoms with van der Waals surface area (Å²) in [5.74, 6) is 0.937. The molecule has 0 atom stereocenters. The van der Waals surface area contributed by atoms with Crippen molar-refractivity contribution >= 4 is 0 Å². The highest BCUT2D eigenvalue weighted by Gasteiger charge is 1.95. The van der Waals surface area contributed by atoms with E-state index in [2.05, 4.69) is 17.4 Å². The number of hydrogen-bond acceptors (Lipinski definition) is 3. The predicted octanol–water partition coefficient (Wildman–Crippen LogP) is 2.21. The van der Waals surface area contributed by atoms with Crippen molar-refractivity contribution in [3.63, 3.8) is 0 Å². The Kier molecular flexibility index (Phi) is 6.61. The first-order chi connectivity index (χ1) is 7.86. The van der Waals surface area contributed by atoms with Gasteiger partial charge < -0.3 is 14.8 Å². The van der Waals surface area contributed by atoms with Crippen molar-refractivity contribution in [1.29, 1.82) is 0 Å². The van der Waals surface area contributed by atoms with E-state index >= 15 is 0 Å². The zero-order chi connectivity index (χ0) is 11.6. The van der Waals surface area contributed by atoms with E-state index in [1.807, 2.05) is 26.0 Å². The second-order valence-electron chi connectivity index (χ2n) is 3.45. The zero-order valence-electron chi connectivity index (χ0n) is 10.2. The molecule has 0 spiro atoms. The van der Waals surface area contributed by atoms with Crippen LogP contribution in [0.25, 0.3) is 0 Å². The molecule has 0 aliphatic rings. The summed E-state index contributed by atoms with van der Waals surface area (Å²) < 4.78 is 10.7. The van der Waals surface area contributed by atoms with Gasteiger partial charge in [0.25, 0.3) is 0 Å². The van der Waals surface area contributed by atoms with Crippen molar-refractivity contribution in [1.82, 2.24) is 5.32 Å². The Bertz CT molecular complexity index is 289. The minimum atomic E-state index is 0.710. The van der Waals surface area contributed by atoms with Crippen LogP contribution in [-0.4, -0.2) is 26.4 Å². The lowest BCUT2D eigenvalue weighted by Crippen LogP contribution is -2.19. The van der Waals surface area contributed by atoms with E-state index in [1.54, 1.807) is 0 Å². The van der Waals surface area contributed by atoms with Gasteiger partial charge >= 0.3 is 0 Å². The van der Waals surface area contributed by atoms with Crippen LogP contribution >= 0.6 is 0 Å². The second-order valence-corrected chi connectivity index (χ2v) is 3.45. The minimum absolute atomic E-state index is 0.710. The second kappa shape index (κ2) is 8.13. The molecule has 0 saturated heterocycles. The third kappa shape index (κ3) is 5.14. The summed E-state index contributed by atoms with van der Waals surface area (Å²) in [6, 6.07) is 8.16. The van der Waals surface area contributed by atoms with Crippen LogP contribution in [0, 0.1) is 0 Å². The van der Waals surface area contributed by atoms with Crippen molar-refractivity contribution in [2.75, 3.05) is 26.4 Å². The molecule has 0 amide bonds. The molecule has 0 bridgehead atoms. The SMILES string of the molecule is CCOCCNCc1cccc(OCC)c1. The quantitative estimate of drug-likeness (QED) is 0.685. The fraction of sp³-hybridized carbons (Fsp3) is 0.538. The number of ether oxygens (including phenoxy) is 2. The molecule has 3 nitrogen and oxygen atoms in total. The van der Waals surface area contributed by atoms with Gasteiger partial charge in [0, 0.05) is 19.7 Å². The van der Waals surface area contributed by atoms with Gasteiger partial charge in [-0.1, -0.05) is 12.1 Å². The molecule has 0 aromatic heterocycles. The van der Waals surface area contributed by atoms with Crippen LogP contribution in [0.2, 0.25) is 0 Å². The van der Waals surface area contributed by atoms with Crippen LogP contribution in [0.5, 0.6) is 5.75 Å². The van der Waals surface area contributed by atoms with Crippen molar-refractivity contribution in [2.45, 2.75) is 20.4 Å². The molecule has 0 fully saturated rings. The van der Waals surface area contributed by atoms with Gasteiger partial charge in [-0.2, -0.15) is 0 Å². The molecular formula is C13H21NO2. The van der Waals surface area contributed by atoms with E-state index in [0.717, 1.165) is 32.1 Å². The van der Waals surface area contributed by atoms with Crippen LogP contribution < -0.4 is 10.1 Å². The molecule has 1 rings (SSSR count). The average molecular weight is 223 g/mol. The lowest BCUT2D eigenvalue weighted by molar-refractivity contribution is 0.149. The Labute approximate surface area is 97.8 Å². The Balaban J connectivity index is 2.27. The molecule has 90 valence electrons. The van der Waals surface area contributed by atoms with Crippen molar-refractivity contribution in [3.05, 3.63) is 29.8 Å². The van der Waals surface area contributed by atoms with Crippen LogP contribution in [0.1, 0.15) is 19.4 Å². The molecule has 0 heterocycles. The Hall–Kier alpha value is -1.06. The molecular weight excluding hydrogens is 202 g/mol. The lowest BCUT2D eigenvalue weighted by atomic mass is 10.2. The molecule has 1 aromatic rings. The van der Waals surface area contributed by atoms with Crippen LogP contribution in [0.3, 0.4) is 0 Å². The van der Waals surface area contributed by atoms with Crippen LogP contribution in [-0.2, 0) is 11.3 Å². The largest absolute Gasteiger partial charge is 0.494 e. The minimum Gasteiger partial charge on any atom is -0.494 e. The van der Waals surface area contributed by atoms with Gasteiger partial charge in [0.2, 0.25) is 0 Å². The highest BCUT2D eigenvalue weighted by Crippen LogP contribution is 2.12. The zero-order valence-corrected chi connectivity index (χ0v) is 10.2. The fourth-order valence-corrected chi connectivity index (χ4v) is 1.43. The summed E-state index contributed by atoms with van der Waals surface area (Å²) in [4.78, 5) is 0. The topological polar surface area (TPSA) is 30.5 Å². The number of rotatable bonds is 8. The molecule has 3 heteroatoms. The molecule has 0 aliphatic carbocycles. The Morgan fingerprint density at radius 1 is 1.19 bits per heavy atom. The van der Waals surface area contributed by atoms with Gasteiger partial charge in [0.1, 0.15) is 5.75 Å². The molecule has 1 N–H and O–H groups in total. The lowest BCUT2D eigenvalue weighted by Gasteiger charge is -2.07. The third-order valence-electron chi connectivity index (χ3n) is 2.17. The smallest absolute Gasteiger partial charge is 0.119 e. The number of benzene rings is 1. The molecule has 0 aliphatic heterocycles. The summed E-state index contributed by atoms with van der Waals surface area (Å²) in [5, 5.41) is 3.33. The van der Waals surface area contributed by atoms with E-state index in [1.165, 1.54) is 5.56 Å². The summed E-state index contributed by atoms with van der Waals surface area (Å²) in [5.41, 5.74) is 1.24. The van der Waals surface area contributed by atoms with Gasteiger partial charge in [-0.25, -0.2) is 0 Å². The van der Waals surface area contributed by atoms with Crippen LogP contribution in [0.4, 0.5) is 0 Å². The Morgan fingerprint density at radius 2 is 2.06 bits per heavy atom. The standard InChI is InChI=1S/C13H21NO2/c1-3-15-9-8-14-11-12-6-5-7-13(10-12)16-4-2/h5-7,10,14H,3-4,8-9,11H2,1-2H3. The first kappa shape index (κ1) is 13.0. The fourth-order valence-electron chi connectivity index (χ4n) is 1.43. The maximum absolute atomic E-state index is 5.44. The van der Waals surface area contributed by atoms with E-state index in [9.17, 15) is 0 Å². The summed E-state index contributed by atoms with van der Waals surface area (Å²) in [6.07, 6.45) is 0. The molecule has 0 radical (unpaired) electrons. The maximum atomic E-state index is 5.44. The van der Waals surface area contributed by atoms with Crippen molar-refractivity contribution in [2.24, 2.45) is 0 Å². The van der Waals surface area contributed by atoms with Gasteiger partial charge in [-0.05, 0) is 31.5 Å². The predicted molar refractivity (Wildman–Crippen MR) is 65.8 cm³/mol. The van der Waals surface area contributed by atoms with E-state index in [4.69, 9.17) is 9.47 Å². The highest BCUT2D eigenvalue weighted by molar-refractivity contribution is 5.28. The number of hydrogen-bond donors (Lipinski definition) is 1. The average Bonchev–Trinajstić information content (AvgIpc) is 2.30. The van der Waals surface area contributed by atoms with Crippen LogP contribution in [0.15, 0.2) is 24.3 Å². The highest BCUT2D eigenvalue weighted by atomic mass is 16.5. The van der Waals surface area contributed by atoms with Gasteiger partial charge in [0.15, 0.2) is 0 Å². The monoisotopic (exact) mass is 223 g/mol. The third-order valence-corrected chi connectivity index (χ3v) is 2.17. The van der Waals surface area contributed by atoms with E-state index in [-0.39, 0.29) is 0 Å². The van der Waals surface area contributed by atoms with Crippen molar-refractivity contribution < 1.29 is 9.47 Å². The molecule has 16 heavy (non-hydrogen) atoms. The van der Waals surface area contributed by atoms with Crippen molar-refractivity contribution in [3.8, 4) is 5.75 Å². The summed E-state index contributed by atoms with van der Waals surface area (Å²) in [7, 11) is 0. The molecule has 1 aromatic carbocycles. The first-order valence-corrected chi connectivity index (χ1v) is 5.87. The van der Waals surface area contributed by atoms with Gasteiger partial charge in [-0.3, -0.25) is 0 Å². The van der Waals surface area contributed by atoms with E-state index in [0.29, 0.717) is 6.61 Å². The summed E-state index contributed by atoms with van der Waals surface area (Å²) >= 11 is 0. The first-order valence-electron chi connectivity index (χ1n) is 5.87. The molecule has 0 unspecified atom stereocenters. The Morgan fingerprint density at radius 3 is 2.81 bits per heavy atom. The summed E-state index contributed by atoms with van der Waals surface area (Å²) in [6.45, 7) is 7.99. The maximum Gasteiger partial charge on any atom is 0.119 e. The van der Waals surface area contributed by atoms with Gasteiger partial charge in [0.05, 0.1) is 13.2 Å². The van der Waals surface area contributed by atoms with E-state index < -0.39 is 0 Å². The normalized spacial score (nSPS) is 10.4. The molecule has 0 saturated carbocycles. The number of nitrogens with one attached hydrogen (secondary N) is 1.